The first-order valence-corrected chi connectivity index (χ1v) is 9.16. The first kappa shape index (κ1) is 17.3. The maximum atomic E-state index is 12.1. The van der Waals surface area contributed by atoms with Gasteiger partial charge in [0.2, 0.25) is 0 Å². The largest absolute Gasteiger partial charge is 0.478 e. The number of rotatable bonds is 4. The third kappa shape index (κ3) is 3.10. The number of hydrogen-bond acceptors (Lipinski definition) is 4. The van der Waals surface area contributed by atoms with Crippen LogP contribution in [0.15, 0.2) is 54.6 Å². The lowest BCUT2D eigenvalue weighted by molar-refractivity contribution is 0.0525. The van der Waals surface area contributed by atoms with Crippen LogP contribution in [0.2, 0.25) is 0 Å². The van der Waals surface area contributed by atoms with Crippen LogP contribution in [0.3, 0.4) is 0 Å². The van der Waals surface area contributed by atoms with Gasteiger partial charge in [-0.05, 0) is 60.7 Å². The maximum Gasteiger partial charge on any atom is 0.338 e. The molecule has 5 heteroatoms. The third-order valence-corrected chi connectivity index (χ3v) is 5.39. The highest BCUT2D eigenvalue weighted by atomic mass is 16.5. The molecule has 5 nitrogen and oxygen atoms in total. The molecule has 0 saturated carbocycles. The van der Waals surface area contributed by atoms with E-state index in [1.807, 2.05) is 24.3 Å². The molecule has 0 bridgehead atoms. The van der Waals surface area contributed by atoms with Crippen LogP contribution in [0.1, 0.15) is 57.1 Å². The summed E-state index contributed by atoms with van der Waals surface area (Å²) in [7, 11) is 0. The molecule has 0 amide bonds. The van der Waals surface area contributed by atoms with E-state index < -0.39 is 5.97 Å². The van der Waals surface area contributed by atoms with Crippen molar-refractivity contribution in [2.24, 2.45) is 5.92 Å². The molecule has 2 aromatic carbocycles. The molecule has 0 unspecified atom stereocenters. The number of nitrogens with one attached hydrogen (secondary N) is 1. The Hall–Kier alpha value is -3.08. The Morgan fingerprint density at radius 2 is 1.89 bits per heavy atom. The fourth-order valence-corrected chi connectivity index (χ4v) is 4.10. The number of carbonyl (C=O) groups is 2. The van der Waals surface area contributed by atoms with Crippen LogP contribution in [0, 0.1) is 5.92 Å². The van der Waals surface area contributed by atoms with E-state index in [4.69, 9.17) is 9.84 Å². The Balaban J connectivity index is 1.68. The van der Waals surface area contributed by atoms with Gasteiger partial charge in [0.1, 0.15) is 0 Å². The van der Waals surface area contributed by atoms with Crippen LogP contribution < -0.4 is 5.32 Å². The molecule has 4 rings (SSSR count). The van der Waals surface area contributed by atoms with E-state index in [0.29, 0.717) is 18.1 Å². The second-order valence-electron chi connectivity index (χ2n) is 6.93. The molecular formula is C22H21NO4. The van der Waals surface area contributed by atoms with Crippen molar-refractivity contribution in [3.63, 3.8) is 0 Å². The lowest BCUT2D eigenvalue weighted by atomic mass is 9.76. The molecular weight excluding hydrogens is 342 g/mol. The van der Waals surface area contributed by atoms with Gasteiger partial charge in [-0.3, -0.25) is 0 Å². The average Bonchev–Trinajstić information content (AvgIpc) is 3.17. The Bertz CT molecular complexity index is 916. The molecule has 0 saturated heterocycles. The lowest BCUT2D eigenvalue weighted by Gasteiger charge is -2.37. The molecule has 2 aliphatic rings. The van der Waals surface area contributed by atoms with Crippen LogP contribution in [0.4, 0.5) is 5.69 Å². The van der Waals surface area contributed by atoms with E-state index in [9.17, 15) is 9.59 Å². The van der Waals surface area contributed by atoms with E-state index in [1.54, 1.807) is 25.1 Å². The molecule has 2 aromatic rings. The van der Waals surface area contributed by atoms with Gasteiger partial charge in [0.05, 0.1) is 23.8 Å². The summed E-state index contributed by atoms with van der Waals surface area (Å²) in [5.41, 5.74) is 4.04. The molecule has 138 valence electrons. The molecule has 27 heavy (non-hydrogen) atoms. The molecule has 1 aliphatic heterocycles. The van der Waals surface area contributed by atoms with Gasteiger partial charge in [-0.25, -0.2) is 9.59 Å². The zero-order valence-corrected chi connectivity index (χ0v) is 15.0. The van der Waals surface area contributed by atoms with Gasteiger partial charge in [-0.2, -0.15) is 0 Å². The summed E-state index contributed by atoms with van der Waals surface area (Å²) in [6.45, 7) is 2.16. The number of anilines is 1. The normalized spacial score (nSPS) is 22.5. The van der Waals surface area contributed by atoms with Crippen LogP contribution in [0.5, 0.6) is 0 Å². The highest BCUT2D eigenvalue weighted by Crippen LogP contribution is 2.49. The molecule has 1 heterocycles. The Kier molecular flexibility index (Phi) is 4.44. The van der Waals surface area contributed by atoms with E-state index >= 15 is 0 Å². The number of ether oxygens (including phenoxy) is 1. The van der Waals surface area contributed by atoms with Crippen molar-refractivity contribution >= 4 is 17.6 Å². The van der Waals surface area contributed by atoms with Crippen LogP contribution in [-0.4, -0.2) is 23.7 Å². The smallest absolute Gasteiger partial charge is 0.338 e. The van der Waals surface area contributed by atoms with Gasteiger partial charge < -0.3 is 15.2 Å². The summed E-state index contributed by atoms with van der Waals surface area (Å²) >= 11 is 0. The topological polar surface area (TPSA) is 75.6 Å². The molecule has 2 N–H and O–H groups in total. The maximum absolute atomic E-state index is 12.1. The minimum absolute atomic E-state index is 0.0915. The lowest BCUT2D eigenvalue weighted by Crippen LogP contribution is -2.29. The second-order valence-corrected chi connectivity index (χ2v) is 6.93. The number of carboxylic acid groups (broad SMARTS) is 1. The number of fused-ring (bicyclic) bond motifs is 3. The number of carbonyl (C=O) groups excluding carboxylic acids is 1. The van der Waals surface area contributed by atoms with Gasteiger partial charge in [-0.1, -0.05) is 24.3 Å². The summed E-state index contributed by atoms with van der Waals surface area (Å²) in [6.07, 6.45) is 5.33. The van der Waals surface area contributed by atoms with Crippen molar-refractivity contribution in [2.75, 3.05) is 11.9 Å². The minimum Gasteiger partial charge on any atom is -0.478 e. The van der Waals surface area contributed by atoms with Crippen molar-refractivity contribution in [3.8, 4) is 0 Å². The van der Waals surface area contributed by atoms with E-state index in [-0.39, 0.29) is 23.5 Å². The first-order valence-electron chi connectivity index (χ1n) is 9.16. The highest BCUT2D eigenvalue weighted by Gasteiger charge is 2.38. The zero-order chi connectivity index (χ0) is 19.0. The van der Waals surface area contributed by atoms with Gasteiger partial charge in [0, 0.05) is 11.6 Å². The summed E-state index contributed by atoms with van der Waals surface area (Å²) in [5.74, 6) is -0.675. The van der Waals surface area contributed by atoms with Crippen LogP contribution in [-0.2, 0) is 4.74 Å². The SMILES string of the molecule is CCOC(=O)c1ccc2c(c1)[C@H]1C=CC[C@H]1[C@H](c1ccc(C(=O)O)cc1)N2. The zero-order valence-electron chi connectivity index (χ0n) is 15.0. The predicted molar refractivity (Wildman–Crippen MR) is 102 cm³/mol. The minimum atomic E-state index is -0.921. The number of carboxylic acids is 1. The first-order chi connectivity index (χ1) is 13.1. The van der Waals surface area contributed by atoms with Gasteiger partial charge >= 0.3 is 11.9 Å². The Morgan fingerprint density at radius 3 is 2.59 bits per heavy atom. The highest BCUT2D eigenvalue weighted by molar-refractivity contribution is 5.90. The molecule has 3 atom stereocenters. The monoisotopic (exact) mass is 363 g/mol. The van der Waals surface area contributed by atoms with E-state index in [0.717, 1.165) is 23.2 Å². The number of esters is 1. The van der Waals surface area contributed by atoms with Gasteiger partial charge in [0.25, 0.3) is 0 Å². The number of aromatic carboxylic acids is 1. The standard InChI is InChI=1S/C22H21NO4/c1-2-27-22(26)15-10-11-19-18(12-15)16-4-3-5-17(16)20(23-19)13-6-8-14(9-7-13)21(24)25/h3-4,6-12,16-17,20,23H,2,5H2,1H3,(H,24,25)/t16-,17+,20-/m0/s1. The second kappa shape index (κ2) is 6.91. The Labute approximate surface area is 157 Å². The fourth-order valence-electron chi connectivity index (χ4n) is 4.10. The number of hydrogen-bond donors (Lipinski definition) is 2. The summed E-state index contributed by atoms with van der Waals surface area (Å²) in [5, 5.41) is 12.7. The molecule has 0 aromatic heterocycles. The van der Waals surface area contributed by atoms with Crippen LogP contribution >= 0.6 is 0 Å². The van der Waals surface area contributed by atoms with E-state index in [2.05, 4.69) is 17.5 Å². The van der Waals surface area contributed by atoms with E-state index in [1.165, 1.54) is 0 Å². The van der Waals surface area contributed by atoms with Gasteiger partial charge in [0.15, 0.2) is 0 Å². The average molecular weight is 363 g/mol. The number of allylic oxidation sites excluding steroid dienone is 2. The van der Waals surface area contributed by atoms with Crippen molar-refractivity contribution in [1.82, 2.24) is 0 Å². The van der Waals surface area contributed by atoms with Crippen LogP contribution in [0.25, 0.3) is 0 Å². The number of benzene rings is 2. The molecule has 0 spiro atoms. The van der Waals surface area contributed by atoms with Crippen molar-refractivity contribution in [3.05, 3.63) is 76.9 Å². The molecule has 0 fully saturated rings. The third-order valence-electron chi connectivity index (χ3n) is 5.39. The fraction of sp³-hybridized carbons (Fsp3) is 0.273. The molecule has 0 radical (unpaired) electrons. The molecule has 1 aliphatic carbocycles. The van der Waals surface area contributed by atoms with Crippen molar-refractivity contribution in [1.29, 1.82) is 0 Å². The summed E-state index contributed by atoms with van der Waals surface area (Å²) < 4.78 is 5.13. The van der Waals surface area contributed by atoms with Crippen molar-refractivity contribution < 1.29 is 19.4 Å². The predicted octanol–water partition coefficient (Wildman–Crippen LogP) is 4.39. The Morgan fingerprint density at radius 1 is 1.15 bits per heavy atom. The quantitative estimate of drug-likeness (QED) is 0.622. The van der Waals surface area contributed by atoms with Gasteiger partial charge in [-0.15, -0.1) is 0 Å². The summed E-state index contributed by atoms with van der Waals surface area (Å²) in [6, 6.07) is 12.8. The summed E-state index contributed by atoms with van der Waals surface area (Å²) in [4.78, 5) is 23.2. The van der Waals surface area contributed by atoms with Crippen molar-refractivity contribution in [2.45, 2.75) is 25.3 Å².